The fourth-order valence-electron chi connectivity index (χ4n) is 3.89. The summed E-state index contributed by atoms with van der Waals surface area (Å²) in [4.78, 5) is 10.9. The van der Waals surface area contributed by atoms with E-state index in [1.807, 2.05) is 46.1 Å². The fourth-order valence-corrected chi connectivity index (χ4v) is 4.01. The van der Waals surface area contributed by atoms with Crippen LogP contribution in [0.5, 0.6) is 0 Å². The van der Waals surface area contributed by atoms with E-state index in [1.54, 1.807) is 6.20 Å². The van der Waals surface area contributed by atoms with Crippen LogP contribution in [-0.4, -0.2) is 27.0 Å². The Morgan fingerprint density at radius 2 is 1.91 bits per heavy atom. The highest BCUT2D eigenvalue weighted by Gasteiger charge is 2.32. The molecule has 4 rings (SSSR count). The highest BCUT2D eigenvalue weighted by Crippen LogP contribution is 2.33. The van der Waals surface area contributed by atoms with E-state index >= 15 is 0 Å². The first-order valence-electron chi connectivity index (χ1n) is 10.3. The summed E-state index contributed by atoms with van der Waals surface area (Å²) in [6.07, 6.45) is 2.75. The van der Waals surface area contributed by atoms with E-state index in [0.29, 0.717) is 23.8 Å². The summed E-state index contributed by atoms with van der Waals surface area (Å²) in [6.45, 7) is 1.24. The second-order valence-electron chi connectivity index (χ2n) is 7.61. The molecule has 1 saturated heterocycles. The second kappa shape index (κ2) is 9.55. The number of benzene rings is 2. The molecule has 0 aliphatic carbocycles. The van der Waals surface area contributed by atoms with Crippen molar-refractivity contribution in [2.24, 2.45) is 4.99 Å². The molecule has 0 radical (unpaired) electrons. The summed E-state index contributed by atoms with van der Waals surface area (Å²) >= 11 is 5.98. The molecule has 2 heterocycles. The molecule has 1 aliphatic heterocycles. The van der Waals surface area contributed by atoms with Gasteiger partial charge in [-0.1, -0.05) is 23.7 Å². The lowest BCUT2D eigenvalue weighted by molar-refractivity contribution is -0.137. The van der Waals surface area contributed by atoms with E-state index in [4.69, 9.17) is 11.6 Å². The van der Waals surface area contributed by atoms with Gasteiger partial charge < -0.3 is 9.47 Å². The minimum absolute atomic E-state index is 0.138. The van der Waals surface area contributed by atoms with Gasteiger partial charge in [-0.05, 0) is 54.8 Å². The summed E-state index contributed by atoms with van der Waals surface area (Å²) in [5.41, 5.74) is 0.632. The van der Waals surface area contributed by atoms with Crippen LogP contribution in [0.25, 0.3) is 0 Å². The predicted molar refractivity (Wildman–Crippen MR) is 119 cm³/mol. The molecular formula is C23H20ClF3N6. The van der Waals surface area contributed by atoms with Crippen LogP contribution in [0.3, 0.4) is 0 Å². The van der Waals surface area contributed by atoms with Crippen molar-refractivity contribution in [3.63, 3.8) is 0 Å². The maximum absolute atomic E-state index is 12.9. The maximum atomic E-state index is 12.9. The van der Waals surface area contributed by atoms with Crippen LogP contribution >= 0.6 is 11.6 Å². The molecule has 0 unspecified atom stereocenters. The number of likely N-dealkylation sites (tertiary alicyclic amines) is 1. The number of hydrogen-bond donors (Lipinski definition) is 1. The molecule has 0 amide bonds. The zero-order valence-corrected chi connectivity index (χ0v) is 18.2. The molecule has 1 fully saturated rings. The van der Waals surface area contributed by atoms with E-state index in [9.17, 15) is 18.4 Å². The van der Waals surface area contributed by atoms with Gasteiger partial charge >= 0.3 is 6.18 Å². The van der Waals surface area contributed by atoms with Gasteiger partial charge in [-0.3, -0.25) is 5.32 Å². The lowest BCUT2D eigenvalue weighted by Crippen LogP contribution is -2.39. The Hall–Kier alpha value is -3.51. The smallest absolute Gasteiger partial charge is 0.332 e. The minimum atomic E-state index is -4.42. The van der Waals surface area contributed by atoms with Crippen molar-refractivity contribution >= 4 is 23.2 Å². The average molecular weight is 473 g/mol. The van der Waals surface area contributed by atoms with Gasteiger partial charge in [-0.15, -0.1) is 0 Å². The molecule has 170 valence electrons. The first-order valence-corrected chi connectivity index (χ1v) is 10.7. The number of nitrogens with one attached hydrogen (secondary N) is 1. The molecule has 33 heavy (non-hydrogen) atoms. The molecule has 1 N–H and O–H groups in total. The Morgan fingerprint density at radius 3 is 2.58 bits per heavy atom. The van der Waals surface area contributed by atoms with E-state index in [2.05, 4.69) is 15.3 Å². The van der Waals surface area contributed by atoms with Crippen molar-refractivity contribution in [3.05, 3.63) is 82.9 Å². The van der Waals surface area contributed by atoms with Crippen LogP contribution in [0, 0.1) is 11.5 Å². The van der Waals surface area contributed by atoms with E-state index in [1.165, 1.54) is 12.1 Å². The van der Waals surface area contributed by atoms with Crippen LogP contribution in [0.4, 0.5) is 18.9 Å². The number of nitrogens with zero attached hydrogens (tertiary/aromatic N) is 5. The molecule has 3 aromatic rings. The van der Waals surface area contributed by atoms with E-state index in [0.717, 1.165) is 36.4 Å². The zero-order valence-electron chi connectivity index (χ0n) is 17.4. The van der Waals surface area contributed by atoms with Gasteiger partial charge in [0.1, 0.15) is 5.82 Å². The van der Waals surface area contributed by atoms with Gasteiger partial charge in [0.25, 0.3) is 0 Å². The van der Waals surface area contributed by atoms with Crippen molar-refractivity contribution < 1.29 is 13.2 Å². The topological polar surface area (TPSA) is 69.2 Å². The SMILES string of the molecule is N#CNC(=Nc1ccc(C(F)(F)F)cc1)N1CCC[C@@H]1c1nccn1Cc1ccc(Cl)cc1. The van der Waals surface area contributed by atoms with Crippen molar-refractivity contribution in [2.45, 2.75) is 31.6 Å². The molecule has 6 nitrogen and oxygen atoms in total. The number of aliphatic imine (C=N–C) groups is 1. The molecule has 0 saturated carbocycles. The van der Waals surface area contributed by atoms with Crippen LogP contribution in [0.2, 0.25) is 5.02 Å². The van der Waals surface area contributed by atoms with Crippen molar-refractivity contribution in [1.82, 2.24) is 19.8 Å². The van der Waals surface area contributed by atoms with Crippen LogP contribution in [0.15, 0.2) is 65.9 Å². The summed E-state index contributed by atoms with van der Waals surface area (Å²) in [5, 5.41) is 12.5. The summed E-state index contributed by atoms with van der Waals surface area (Å²) in [6, 6.07) is 12.0. The molecule has 0 spiro atoms. The third-order valence-corrected chi connectivity index (χ3v) is 5.69. The average Bonchev–Trinajstić information content (AvgIpc) is 3.44. The fraction of sp³-hybridized carbons (Fsp3) is 0.261. The number of guanidine groups is 1. The van der Waals surface area contributed by atoms with Crippen LogP contribution in [-0.2, 0) is 12.7 Å². The Labute approximate surface area is 193 Å². The quantitative estimate of drug-likeness (QED) is 0.236. The summed E-state index contributed by atoms with van der Waals surface area (Å²) < 4.78 is 40.6. The predicted octanol–water partition coefficient (Wildman–Crippen LogP) is 5.50. The third-order valence-electron chi connectivity index (χ3n) is 5.43. The number of alkyl halides is 3. The Kier molecular flexibility index (Phi) is 6.56. The summed E-state index contributed by atoms with van der Waals surface area (Å²) in [7, 11) is 0. The molecule has 2 aromatic carbocycles. The molecular weight excluding hydrogens is 453 g/mol. The Bertz CT molecular complexity index is 1160. The van der Waals surface area contributed by atoms with Gasteiger partial charge in [0.15, 0.2) is 6.19 Å². The first-order chi connectivity index (χ1) is 15.8. The number of halogens is 4. The highest BCUT2D eigenvalue weighted by atomic mass is 35.5. The molecule has 0 bridgehead atoms. The van der Waals surface area contributed by atoms with Gasteiger partial charge in [-0.25, -0.2) is 9.98 Å². The largest absolute Gasteiger partial charge is 0.416 e. The maximum Gasteiger partial charge on any atom is 0.416 e. The van der Waals surface area contributed by atoms with E-state index in [-0.39, 0.29) is 12.0 Å². The van der Waals surface area contributed by atoms with Crippen molar-refractivity contribution in [3.8, 4) is 6.19 Å². The minimum Gasteiger partial charge on any atom is -0.332 e. The zero-order chi connectivity index (χ0) is 23.4. The van der Waals surface area contributed by atoms with Gasteiger partial charge in [0.05, 0.1) is 17.3 Å². The van der Waals surface area contributed by atoms with Crippen molar-refractivity contribution in [2.75, 3.05) is 6.54 Å². The molecule has 1 aliphatic rings. The number of hydrogen-bond acceptors (Lipinski definition) is 3. The standard InChI is InChI=1S/C23H20ClF3N6/c24-18-7-3-16(4-8-18)14-32-13-11-29-21(32)20-2-1-12-33(20)22(30-15-28)31-19-9-5-17(6-10-19)23(25,26)27/h3-11,13,20H,1-2,12,14H2,(H,30,31)/t20-/m1/s1. The first kappa shape index (κ1) is 22.7. The van der Waals surface area contributed by atoms with Crippen molar-refractivity contribution in [1.29, 1.82) is 5.26 Å². The second-order valence-corrected chi connectivity index (χ2v) is 8.04. The monoisotopic (exact) mass is 472 g/mol. The normalized spacial score (nSPS) is 16.6. The lowest BCUT2D eigenvalue weighted by Gasteiger charge is -2.27. The Balaban J connectivity index is 1.60. The van der Waals surface area contributed by atoms with E-state index < -0.39 is 11.7 Å². The van der Waals surface area contributed by atoms with Crippen LogP contribution < -0.4 is 5.32 Å². The van der Waals surface area contributed by atoms with Crippen LogP contribution in [0.1, 0.15) is 35.8 Å². The molecule has 10 heteroatoms. The van der Waals surface area contributed by atoms with Gasteiger partial charge in [-0.2, -0.15) is 18.4 Å². The molecule has 1 atom stereocenters. The summed E-state index contributed by atoms with van der Waals surface area (Å²) in [5.74, 6) is 1.10. The number of rotatable bonds is 4. The number of aromatic nitrogens is 2. The number of imidazole rings is 1. The van der Waals surface area contributed by atoms with Gasteiger partial charge in [0, 0.05) is 30.5 Å². The highest BCUT2D eigenvalue weighted by molar-refractivity contribution is 6.30. The number of nitriles is 1. The molecule has 1 aromatic heterocycles. The Morgan fingerprint density at radius 1 is 1.18 bits per heavy atom. The third kappa shape index (κ3) is 5.29. The lowest BCUT2D eigenvalue weighted by atomic mass is 10.2. The van der Waals surface area contributed by atoms with Gasteiger partial charge in [0.2, 0.25) is 5.96 Å².